The van der Waals surface area contributed by atoms with Gasteiger partial charge in [0.25, 0.3) is 0 Å². The van der Waals surface area contributed by atoms with E-state index in [2.05, 4.69) is 0 Å². The van der Waals surface area contributed by atoms with E-state index in [4.69, 9.17) is 10.5 Å². The molecule has 2 N–H and O–H groups in total. The van der Waals surface area contributed by atoms with Crippen molar-refractivity contribution in [2.45, 2.75) is 19.4 Å². The molecule has 0 aromatic heterocycles. The van der Waals surface area contributed by atoms with Crippen molar-refractivity contribution in [1.82, 2.24) is 4.90 Å². The number of benzene rings is 1. The van der Waals surface area contributed by atoms with Gasteiger partial charge in [-0.25, -0.2) is 4.39 Å². The predicted molar refractivity (Wildman–Crippen MR) is 70.2 cm³/mol. The molecule has 0 aliphatic carbocycles. The molecule has 1 atom stereocenters. The number of rotatable bonds is 3. The maximum absolute atomic E-state index is 13.2. The van der Waals surface area contributed by atoms with E-state index in [9.17, 15) is 9.18 Å². The number of nitrogens with zero attached hydrogens (tertiary/aromatic N) is 1. The van der Waals surface area contributed by atoms with Crippen LogP contribution in [0.2, 0.25) is 0 Å². The summed E-state index contributed by atoms with van der Waals surface area (Å²) in [5.41, 5.74) is 7.03. The first-order valence-corrected chi connectivity index (χ1v) is 6.44. The maximum Gasteiger partial charge on any atom is 0.227 e. The number of halogens is 1. The normalized spacial score (nSPS) is 19.5. The molecule has 1 aromatic carbocycles. The highest BCUT2D eigenvalue weighted by atomic mass is 19.1. The summed E-state index contributed by atoms with van der Waals surface area (Å²) in [6.45, 7) is 3.70. The number of amides is 1. The van der Waals surface area contributed by atoms with Gasteiger partial charge >= 0.3 is 0 Å². The van der Waals surface area contributed by atoms with Crippen LogP contribution < -0.4 is 5.73 Å². The Hall–Kier alpha value is -1.46. The van der Waals surface area contributed by atoms with E-state index >= 15 is 0 Å². The zero-order chi connectivity index (χ0) is 13.8. The fourth-order valence-corrected chi connectivity index (χ4v) is 2.27. The molecule has 0 spiro atoms. The van der Waals surface area contributed by atoms with E-state index in [-0.39, 0.29) is 24.2 Å². The fraction of sp³-hybridized carbons (Fsp3) is 0.500. The number of hydrogen-bond donors (Lipinski definition) is 1. The zero-order valence-corrected chi connectivity index (χ0v) is 11.1. The first kappa shape index (κ1) is 14.0. The molecule has 0 radical (unpaired) electrons. The first-order valence-electron chi connectivity index (χ1n) is 6.44. The minimum atomic E-state index is -0.248. The second kappa shape index (κ2) is 6.12. The van der Waals surface area contributed by atoms with Gasteiger partial charge in [-0.2, -0.15) is 0 Å². The van der Waals surface area contributed by atoms with Crippen LogP contribution in [0.15, 0.2) is 18.2 Å². The van der Waals surface area contributed by atoms with E-state index in [1.807, 2.05) is 0 Å². The Bertz CT molecular complexity index is 465. The molecular formula is C14H19FN2O2. The second-order valence-electron chi connectivity index (χ2n) is 4.81. The van der Waals surface area contributed by atoms with E-state index < -0.39 is 0 Å². The highest BCUT2D eigenvalue weighted by Crippen LogP contribution is 2.13. The molecule has 104 valence electrons. The van der Waals surface area contributed by atoms with Crippen molar-refractivity contribution >= 4 is 5.91 Å². The van der Waals surface area contributed by atoms with E-state index in [0.29, 0.717) is 31.9 Å². The Morgan fingerprint density at radius 2 is 2.37 bits per heavy atom. The van der Waals surface area contributed by atoms with Crippen LogP contribution in [0.25, 0.3) is 0 Å². The number of morpholine rings is 1. The van der Waals surface area contributed by atoms with Crippen LogP contribution in [0.1, 0.15) is 11.1 Å². The van der Waals surface area contributed by atoms with Gasteiger partial charge in [0.1, 0.15) is 5.82 Å². The van der Waals surface area contributed by atoms with Gasteiger partial charge in [-0.3, -0.25) is 4.79 Å². The van der Waals surface area contributed by atoms with Crippen molar-refractivity contribution in [1.29, 1.82) is 0 Å². The van der Waals surface area contributed by atoms with E-state index in [1.54, 1.807) is 24.0 Å². The summed E-state index contributed by atoms with van der Waals surface area (Å²) in [7, 11) is 0. The lowest BCUT2D eigenvalue weighted by atomic mass is 10.1. The van der Waals surface area contributed by atoms with Crippen molar-refractivity contribution < 1.29 is 13.9 Å². The predicted octanol–water partition coefficient (Wildman–Crippen LogP) is 0.863. The summed E-state index contributed by atoms with van der Waals surface area (Å²) in [6, 6.07) is 4.71. The Morgan fingerprint density at radius 3 is 3.05 bits per heavy atom. The third kappa shape index (κ3) is 3.30. The summed E-state index contributed by atoms with van der Waals surface area (Å²) < 4.78 is 18.5. The topological polar surface area (TPSA) is 55.6 Å². The van der Waals surface area contributed by atoms with Crippen molar-refractivity contribution in [3.63, 3.8) is 0 Å². The molecule has 2 rings (SSSR count). The molecule has 1 fully saturated rings. The monoisotopic (exact) mass is 266 g/mol. The van der Waals surface area contributed by atoms with Gasteiger partial charge in [-0.05, 0) is 24.1 Å². The molecule has 1 aliphatic rings. The van der Waals surface area contributed by atoms with Crippen LogP contribution in [0.4, 0.5) is 4.39 Å². The van der Waals surface area contributed by atoms with Crippen molar-refractivity contribution in [3.8, 4) is 0 Å². The van der Waals surface area contributed by atoms with Gasteiger partial charge in [0, 0.05) is 13.1 Å². The van der Waals surface area contributed by atoms with Crippen LogP contribution in [-0.4, -0.2) is 43.2 Å². The molecule has 1 aromatic rings. The van der Waals surface area contributed by atoms with Gasteiger partial charge in [-0.15, -0.1) is 0 Å². The Morgan fingerprint density at radius 1 is 1.58 bits per heavy atom. The lowest BCUT2D eigenvalue weighted by Gasteiger charge is -2.35. The van der Waals surface area contributed by atoms with E-state index in [0.717, 1.165) is 5.56 Å². The van der Waals surface area contributed by atoms with Gasteiger partial charge < -0.3 is 15.4 Å². The molecule has 1 heterocycles. The number of carbonyl (C=O) groups excluding carboxylic acids is 1. The Labute approximate surface area is 112 Å². The molecular weight excluding hydrogens is 247 g/mol. The number of carbonyl (C=O) groups is 1. The highest BCUT2D eigenvalue weighted by Gasteiger charge is 2.26. The van der Waals surface area contributed by atoms with Gasteiger partial charge in [0.2, 0.25) is 5.91 Å². The summed E-state index contributed by atoms with van der Waals surface area (Å²) in [5.74, 6) is -0.229. The van der Waals surface area contributed by atoms with Crippen molar-refractivity contribution in [2.24, 2.45) is 5.73 Å². The van der Waals surface area contributed by atoms with Crippen molar-refractivity contribution in [3.05, 3.63) is 35.1 Å². The largest absolute Gasteiger partial charge is 0.377 e. The molecule has 5 heteroatoms. The third-order valence-electron chi connectivity index (χ3n) is 3.40. The van der Waals surface area contributed by atoms with Gasteiger partial charge in [-0.1, -0.05) is 12.1 Å². The van der Waals surface area contributed by atoms with Crippen LogP contribution in [0, 0.1) is 12.7 Å². The second-order valence-corrected chi connectivity index (χ2v) is 4.81. The molecule has 0 saturated carbocycles. The molecule has 1 amide bonds. The SMILES string of the molecule is Cc1cc(CC(=O)N2CCOCC2CN)ccc1F. The van der Waals surface area contributed by atoms with Gasteiger partial charge in [0.05, 0.1) is 25.7 Å². The minimum absolute atomic E-state index is 0.0183. The molecule has 0 bridgehead atoms. The zero-order valence-electron chi connectivity index (χ0n) is 11.1. The molecule has 1 unspecified atom stereocenters. The van der Waals surface area contributed by atoms with Crippen molar-refractivity contribution in [2.75, 3.05) is 26.3 Å². The molecule has 19 heavy (non-hydrogen) atoms. The van der Waals surface area contributed by atoms with E-state index in [1.165, 1.54) is 6.07 Å². The summed E-state index contributed by atoms with van der Waals surface area (Å²) in [6.07, 6.45) is 0.275. The van der Waals surface area contributed by atoms with Crippen LogP contribution in [0.3, 0.4) is 0 Å². The standard InChI is InChI=1S/C14H19FN2O2/c1-10-6-11(2-3-13(10)15)7-14(18)17-4-5-19-9-12(17)8-16/h2-3,6,12H,4-5,7-9,16H2,1H3. The van der Waals surface area contributed by atoms with Gasteiger partial charge in [0.15, 0.2) is 0 Å². The Kier molecular flexibility index (Phi) is 4.50. The summed E-state index contributed by atoms with van der Waals surface area (Å²) in [4.78, 5) is 14.0. The summed E-state index contributed by atoms with van der Waals surface area (Å²) >= 11 is 0. The first-order chi connectivity index (χ1) is 9.11. The Balaban J connectivity index is 2.05. The maximum atomic E-state index is 13.2. The van der Waals surface area contributed by atoms with Crippen LogP contribution in [0.5, 0.6) is 0 Å². The number of hydrogen-bond acceptors (Lipinski definition) is 3. The van der Waals surface area contributed by atoms with Crippen LogP contribution >= 0.6 is 0 Å². The molecule has 1 aliphatic heterocycles. The lowest BCUT2D eigenvalue weighted by Crippen LogP contribution is -2.52. The quantitative estimate of drug-likeness (QED) is 0.883. The van der Waals surface area contributed by atoms with Crippen LogP contribution in [-0.2, 0) is 16.0 Å². The summed E-state index contributed by atoms with van der Waals surface area (Å²) in [5, 5.41) is 0. The molecule has 1 saturated heterocycles. The number of ether oxygens (including phenoxy) is 1. The smallest absolute Gasteiger partial charge is 0.227 e. The average Bonchev–Trinajstić information content (AvgIpc) is 2.43. The third-order valence-corrected chi connectivity index (χ3v) is 3.40. The number of nitrogens with two attached hydrogens (primary N) is 1. The highest BCUT2D eigenvalue weighted by molar-refractivity contribution is 5.79. The molecule has 4 nitrogen and oxygen atoms in total. The minimum Gasteiger partial charge on any atom is -0.377 e. The number of aryl methyl sites for hydroxylation is 1. The fourth-order valence-electron chi connectivity index (χ4n) is 2.27. The average molecular weight is 266 g/mol. The lowest BCUT2D eigenvalue weighted by molar-refractivity contribution is -0.138.